The minimum atomic E-state index is 0.875. The zero-order valence-electron chi connectivity index (χ0n) is 8.04. The van der Waals surface area contributed by atoms with Crippen LogP contribution in [-0.2, 0) is 0 Å². The average molecular weight is 256 g/mol. The quantitative estimate of drug-likeness (QED) is 0.824. The number of nitrogens with one attached hydrogen (secondary N) is 1. The number of pyridine rings is 1. The minimum Gasteiger partial charge on any atom is -0.319 e. The standard InChI is InChI=1S/C10H14BrN3/c11-10-8-9(4-5-12-10)13-14-6-2-1-3-7-14/h4-5,8H,1-3,6-7H2,(H,12,13). The van der Waals surface area contributed by atoms with Crippen LogP contribution in [0.4, 0.5) is 5.69 Å². The van der Waals surface area contributed by atoms with Gasteiger partial charge in [-0.15, -0.1) is 0 Å². The lowest BCUT2D eigenvalue weighted by Gasteiger charge is -2.27. The highest BCUT2D eigenvalue weighted by Crippen LogP contribution is 2.15. The van der Waals surface area contributed by atoms with Crippen molar-refractivity contribution < 1.29 is 0 Å². The normalized spacial score (nSPS) is 18.1. The van der Waals surface area contributed by atoms with Crippen molar-refractivity contribution in [1.29, 1.82) is 0 Å². The van der Waals surface area contributed by atoms with Gasteiger partial charge in [0, 0.05) is 19.3 Å². The highest BCUT2D eigenvalue weighted by Gasteiger charge is 2.09. The van der Waals surface area contributed by atoms with Gasteiger partial charge in [-0.2, -0.15) is 0 Å². The van der Waals surface area contributed by atoms with Crippen LogP contribution in [0.5, 0.6) is 0 Å². The van der Waals surface area contributed by atoms with E-state index in [4.69, 9.17) is 0 Å². The maximum Gasteiger partial charge on any atom is 0.108 e. The third kappa shape index (κ3) is 2.69. The van der Waals surface area contributed by atoms with Crippen molar-refractivity contribution in [3.8, 4) is 0 Å². The highest BCUT2D eigenvalue weighted by atomic mass is 79.9. The molecule has 3 nitrogen and oxygen atoms in total. The smallest absolute Gasteiger partial charge is 0.108 e. The van der Waals surface area contributed by atoms with Crippen LogP contribution in [0.1, 0.15) is 19.3 Å². The van der Waals surface area contributed by atoms with Gasteiger partial charge in [-0.3, -0.25) is 0 Å². The van der Waals surface area contributed by atoms with Crippen LogP contribution in [0.15, 0.2) is 22.9 Å². The third-order valence-electron chi connectivity index (χ3n) is 2.37. The van der Waals surface area contributed by atoms with Gasteiger partial charge in [-0.25, -0.2) is 9.99 Å². The van der Waals surface area contributed by atoms with Gasteiger partial charge in [0.1, 0.15) is 4.60 Å². The summed E-state index contributed by atoms with van der Waals surface area (Å²) in [6.45, 7) is 2.28. The van der Waals surface area contributed by atoms with E-state index in [1.807, 2.05) is 12.1 Å². The van der Waals surface area contributed by atoms with Crippen LogP contribution in [0.25, 0.3) is 0 Å². The molecule has 1 aromatic rings. The molecule has 0 atom stereocenters. The summed E-state index contributed by atoms with van der Waals surface area (Å²) in [7, 11) is 0. The number of hydrazine groups is 1. The molecule has 14 heavy (non-hydrogen) atoms. The molecule has 2 rings (SSSR count). The van der Waals surface area contributed by atoms with E-state index < -0.39 is 0 Å². The van der Waals surface area contributed by atoms with E-state index in [2.05, 4.69) is 31.3 Å². The third-order valence-corrected chi connectivity index (χ3v) is 2.80. The molecule has 0 aromatic carbocycles. The number of piperidine rings is 1. The molecule has 1 fully saturated rings. The molecule has 0 bridgehead atoms. The van der Waals surface area contributed by atoms with Crippen LogP contribution >= 0.6 is 15.9 Å². The fourth-order valence-corrected chi connectivity index (χ4v) is 2.03. The molecule has 1 saturated heterocycles. The molecule has 1 aromatic heterocycles. The number of rotatable bonds is 2. The van der Waals surface area contributed by atoms with Crippen molar-refractivity contribution >= 4 is 21.6 Å². The van der Waals surface area contributed by atoms with Gasteiger partial charge in [0.15, 0.2) is 0 Å². The summed E-state index contributed by atoms with van der Waals surface area (Å²) in [6, 6.07) is 3.98. The van der Waals surface area contributed by atoms with Gasteiger partial charge in [-0.1, -0.05) is 6.42 Å². The van der Waals surface area contributed by atoms with E-state index in [0.29, 0.717) is 0 Å². The Morgan fingerprint density at radius 1 is 1.29 bits per heavy atom. The van der Waals surface area contributed by atoms with Gasteiger partial charge < -0.3 is 5.43 Å². The average Bonchev–Trinajstić information content (AvgIpc) is 2.19. The molecule has 0 saturated carbocycles. The Morgan fingerprint density at radius 3 is 2.79 bits per heavy atom. The first kappa shape index (κ1) is 9.93. The summed E-state index contributed by atoms with van der Waals surface area (Å²) in [4.78, 5) is 4.09. The summed E-state index contributed by atoms with van der Waals surface area (Å²) >= 11 is 3.36. The maximum absolute atomic E-state index is 4.09. The van der Waals surface area contributed by atoms with Gasteiger partial charge >= 0.3 is 0 Å². The van der Waals surface area contributed by atoms with Crippen molar-refractivity contribution in [3.63, 3.8) is 0 Å². The Kier molecular flexibility index (Phi) is 3.37. The molecule has 0 unspecified atom stereocenters. The molecular formula is C10H14BrN3. The van der Waals surface area contributed by atoms with Gasteiger partial charge in [0.05, 0.1) is 5.69 Å². The highest BCUT2D eigenvalue weighted by molar-refractivity contribution is 9.10. The first-order chi connectivity index (χ1) is 6.84. The molecule has 0 aliphatic carbocycles. The summed E-state index contributed by atoms with van der Waals surface area (Å²) in [6.07, 6.45) is 5.74. The minimum absolute atomic E-state index is 0.875. The fraction of sp³-hybridized carbons (Fsp3) is 0.500. The van der Waals surface area contributed by atoms with Crippen LogP contribution in [-0.4, -0.2) is 23.1 Å². The van der Waals surface area contributed by atoms with Crippen LogP contribution < -0.4 is 5.43 Å². The molecule has 0 amide bonds. The van der Waals surface area contributed by atoms with Gasteiger partial charge in [0.25, 0.3) is 0 Å². The lowest BCUT2D eigenvalue weighted by atomic mass is 10.2. The summed E-state index contributed by atoms with van der Waals surface area (Å²) < 4.78 is 0.875. The number of hydrogen-bond donors (Lipinski definition) is 1. The predicted octanol–water partition coefficient (Wildman–Crippen LogP) is 2.66. The van der Waals surface area contributed by atoms with Crippen molar-refractivity contribution in [2.75, 3.05) is 18.5 Å². The molecule has 4 heteroatoms. The Hall–Kier alpha value is -0.610. The molecule has 0 radical (unpaired) electrons. The lowest BCUT2D eigenvalue weighted by Crippen LogP contribution is -2.34. The molecular weight excluding hydrogens is 242 g/mol. The number of halogens is 1. The molecule has 2 heterocycles. The SMILES string of the molecule is Brc1cc(NN2CCCCC2)ccn1. The van der Waals surface area contributed by atoms with Gasteiger partial charge in [-0.05, 0) is 40.9 Å². The van der Waals surface area contributed by atoms with Crippen LogP contribution in [0, 0.1) is 0 Å². The number of aromatic nitrogens is 1. The summed E-state index contributed by atoms with van der Waals surface area (Å²) in [5.74, 6) is 0. The Bertz CT molecular complexity index is 297. The Morgan fingerprint density at radius 2 is 2.07 bits per heavy atom. The van der Waals surface area contributed by atoms with E-state index in [1.165, 1.54) is 19.3 Å². The predicted molar refractivity (Wildman–Crippen MR) is 61.0 cm³/mol. The second-order valence-electron chi connectivity index (χ2n) is 3.53. The first-order valence-electron chi connectivity index (χ1n) is 4.98. The van der Waals surface area contributed by atoms with E-state index in [9.17, 15) is 0 Å². The van der Waals surface area contributed by atoms with Gasteiger partial charge in [0.2, 0.25) is 0 Å². The van der Waals surface area contributed by atoms with Crippen molar-refractivity contribution in [2.45, 2.75) is 19.3 Å². The fourth-order valence-electron chi connectivity index (χ4n) is 1.66. The van der Waals surface area contributed by atoms with E-state index in [0.717, 1.165) is 23.4 Å². The summed E-state index contributed by atoms with van der Waals surface area (Å²) in [5, 5.41) is 2.27. The lowest BCUT2D eigenvalue weighted by molar-refractivity contribution is 0.273. The topological polar surface area (TPSA) is 28.2 Å². The zero-order chi connectivity index (χ0) is 9.80. The first-order valence-corrected chi connectivity index (χ1v) is 5.77. The van der Waals surface area contributed by atoms with Crippen LogP contribution in [0.2, 0.25) is 0 Å². The molecule has 1 N–H and O–H groups in total. The maximum atomic E-state index is 4.09. The summed E-state index contributed by atoms with van der Waals surface area (Å²) in [5.41, 5.74) is 4.49. The largest absolute Gasteiger partial charge is 0.319 e. The zero-order valence-corrected chi connectivity index (χ0v) is 9.63. The van der Waals surface area contributed by atoms with Crippen molar-refractivity contribution in [2.24, 2.45) is 0 Å². The number of nitrogens with zero attached hydrogens (tertiary/aromatic N) is 2. The second kappa shape index (κ2) is 4.75. The Labute approximate surface area is 92.6 Å². The molecule has 0 spiro atoms. The monoisotopic (exact) mass is 255 g/mol. The second-order valence-corrected chi connectivity index (χ2v) is 4.34. The van der Waals surface area contributed by atoms with E-state index >= 15 is 0 Å². The van der Waals surface area contributed by atoms with Crippen molar-refractivity contribution in [1.82, 2.24) is 9.99 Å². The molecule has 76 valence electrons. The van der Waals surface area contributed by atoms with Crippen LogP contribution in [0.3, 0.4) is 0 Å². The number of hydrogen-bond acceptors (Lipinski definition) is 3. The van der Waals surface area contributed by atoms with E-state index in [1.54, 1.807) is 6.20 Å². The molecule has 1 aliphatic heterocycles. The van der Waals surface area contributed by atoms with Crippen molar-refractivity contribution in [3.05, 3.63) is 22.9 Å². The molecule has 1 aliphatic rings. The number of anilines is 1. The van der Waals surface area contributed by atoms with E-state index in [-0.39, 0.29) is 0 Å². The Balaban J connectivity index is 1.95.